The van der Waals surface area contributed by atoms with E-state index in [-0.39, 0.29) is 30.5 Å². The minimum atomic E-state index is -0.984. The van der Waals surface area contributed by atoms with E-state index in [0.717, 1.165) is 28.7 Å². The van der Waals surface area contributed by atoms with Crippen molar-refractivity contribution in [2.24, 2.45) is 0 Å². The number of carbonyl (C=O) groups excluding carboxylic acids is 2. The van der Waals surface area contributed by atoms with Gasteiger partial charge in [0, 0.05) is 12.0 Å². The second-order valence-corrected chi connectivity index (χ2v) is 8.42. The molecule has 35 heavy (non-hydrogen) atoms. The Balaban J connectivity index is 1.38. The lowest BCUT2D eigenvalue weighted by molar-refractivity contribution is -0.137. The van der Waals surface area contributed by atoms with Gasteiger partial charge in [-0.25, -0.2) is 9.78 Å². The Morgan fingerprint density at radius 2 is 1.63 bits per heavy atom. The van der Waals surface area contributed by atoms with Crippen LogP contribution in [0.1, 0.15) is 53.7 Å². The molecule has 8 nitrogen and oxygen atoms in total. The highest BCUT2D eigenvalue weighted by Crippen LogP contribution is 2.44. The van der Waals surface area contributed by atoms with Gasteiger partial charge in [-0.2, -0.15) is 0 Å². The van der Waals surface area contributed by atoms with E-state index in [9.17, 15) is 14.4 Å². The van der Waals surface area contributed by atoms with Gasteiger partial charge in [0.1, 0.15) is 18.1 Å². The van der Waals surface area contributed by atoms with Gasteiger partial charge in [0.15, 0.2) is 0 Å². The first-order valence-corrected chi connectivity index (χ1v) is 11.6. The molecule has 1 heterocycles. The normalized spacial score (nSPS) is 12.8. The molecule has 3 aromatic rings. The van der Waals surface area contributed by atoms with E-state index in [2.05, 4.69) is 27.8 Å². The summed E-state index contributed by atoms with van der Waals surface area (Å²) in [6, 6.07) is 20.3. The van der Waals surface area contributed by atoms with E-state index in [1.807, 2.05) is 43.3 Å². The Bertz CT molecular complexity index is 1200. The number of ether oxygens (including phenoxy) is 1. The summed E-state index contributed by atoms with van der Waals surface area (Å²) in [5.41, 5.74) is 4.58. The molecule has 4 rings (SSSR count). The Hall–Kier alpha value is -4.20. The molecule has 0 aliphatic heterocycles. The van der Waals surface area contributed by atoms with Crippen molar-refractivity contribution in [3.63, 3.8) is 0 Å². The maximum absolute atomic E-state index is 12.6. The number of carbonyl (C=O) groups is 3. The third-order valence-electron chi connectivity index (χ3n) is 5.95. The molecule has 2 amide bonds. The molecule has 1 aliphatic rings. The van der Waals surface area contributed by atoms with Gasteiger partial charge in [-0.3, -0.25) is 14.9 Å². The first-order chi connectivity index (χ1) is 17.0. The number of anilines is 1. The van der Waals surface area contributed by atoms with E-state index in [1.54, 1.807) is 12.1 Å². The molecule has 0 saturated carbocycles. The van der Waals surface area contributed by atoms with Crippen molar-refractivity contribution in [3.8, 4) is 11.1 Å². The Morgan fingerprint density at radius 3 is 2.26 bits per heavy atom. The molecule has 180 valence electrons. The Morgan fingerprint density at radius 1 is 0.971 bits per heavy atom. The van der Waals surface area contributed by atoms with Crippen LogP contribution in [-0.4, -0.2) is 40.7 Å². The smallest absolute Gasteiger partial charge is 0.412 e. The van der Waals surface area contributed by atoms with Crippen molar-refractivity contribution in [3.05, 3.63) is 83.6 Å². The van der Waals surface area contributed by atoms with Crippen molar-refractivity contribution in [2.45, 2.75) is 38.1 Å². The molecule has 1 aromatic heterocycles. The monoisotopic (exact) mass is 473 g/mol. The van der Waals surface area contributed by atoms with E-state index in [0.29, 0.717) is 6.42 Å². The number of carboxylic acids is 1. The van der Waals surface area contributed by atoms with Crippen LogP contribution >= 0.6 is 0 Å². The topological polar surface area (TPSA) is 118 Å². The Kier molecular flexibility index (Phi) is 7.40. The number of rotatable bonds is 9. The SMILES string of the molecule is CCC[C@H](CC(=O)O)NC(=O)c1cccc(NC(=O)OCC2c3ccccc3-c3ccccc32)n1. The standard InChI is InChI=1S/C27H27N3O5/c1-2-8-17(15-25(31)32)28-26(33)23-13-7-14-24(29-23)30-27(34)35-16-22-20-11-5-3-9-18(20)19-10-4-6-12-21(19)22/h3-7,9-14,17,22H,2,8,15-16H2,1H3,(H,28,33)(H,31,32)(H,29,30,34)/t17-/m1/s1. The average Bonchev–Trinajstić information content (AvgIpc) is 3.16. The zero-order valence-corrected chi connectivity index (χ0v) is 19.4. The lowest BCUT2D eigenvalue weighted by Gasteiger charge is -2.16. The lowest BCUT2D eigenvalue weighted by Crippen LogP contribution is -2.37. The summed E-state index contributed by atoms with van der Waals surface area (Å²) in [6.07, 6.45) is 0.425. The van der Waals surface area contributed by atoms with Crippen LogP contribution < -0.4 is 10.6 Å². The summed E-state index contributed by atoms with van der Waals surface area (Å²) >= 11 is 0. The molecule has 0 fully saturated rings. The van der Waals surface area contributed by atoms with Gasteiger partial charge in [-0.15, -0.1) is 0 Å². The number of carboxylic acid groups (broad SMARTS) is 1. The first kappa shape index (κ1) is 23.9. The summed E-state index contributed by atoms with van der Waals surface area (Å²) in [5, 5.41) is 14.3. The molecular weight excluding hydrogens is 446 g/mol. The van der Waals surface area contributed by atoms with E-state index in [4.69, 9.17) is 9.84 Å². The summed E-state index contributed by atoms with van der Waals surface area (Å²) in [7, 11) is 0. The van der Waals surface area contributed by atoms with Crippen LogP contribution in [0.3, 0.4) is 0 Å². The summed E-state index contributed by atoms with van der Waals surface area (Å²) in [5.74, 6) is -1.38. The quantitative estimate of drug-likeness (QED) is 0.410. The number of benzene rings is 2. The van der Waals surface area contributed by atoms with Crippen LogP contribution in [0.5, 0.6) is 0 Å². The Labute approximate surface area is 203 Å². The highest BCUT2D eigenvalue weighted by atomic mass is 16.5. The summed E-state index contributed by atoms with van der Waals surface area (Å²) in [6.45, 7) is 2.08. The van der Waals surface area contributed by atoms with E-state index < -0.39 is 24.0 Å². The van der Waals surface area contributed by atoms with Crippen molar-refractivity contribution in [2.75, 3.05) is 11.9 Å². The molecule has 3 N–H and O–H groups in total. The number of fused-ring (bicyclic) bond motifs is 3. The van der Waals surface area contributed by atoms with Gasteiger partial charge in [-0.05, 0) is 40.8 Å². The van der Waals surface area contributed by atoms with Crippen molar-refractivity contribution in [1.82, 2.24) is 10.3 Å². The van der Waals surface area contributed by atoms with E-state index >= 15 is 0 Å². The molecular formula is C27H27N3O5. The van der Waals surface area contributed by atoms with Crippen LogP contribution in [0.2, 0.25) is 0 Å². The fourth-order valence-corrected chi connectivity index (χ4v) is 4.41. The number of hydrogen-bond acceptors (Lipinski definition) is 5. The minimum Gasteiger partial charge on any atom is -0.481 e. The maximum Gasteiger partial charge on any atom is 0.412 e. The second kappa shape index (κ2) is 10.8. The number of nitrogens with one attached hydrogen (secondary N) is 2. The van der Waals surface area contributed by atoms with Crippen molar-refractivity contribution in [1.29, 1.82) is 0 Å². The van der Waals surface area contributed by atoms with Gasteiger partial charge in [-0.1, -0.05) is 67.9 Å². The van der Waals surface area contributed by atoms with Crippen molar-refractivity contribution < 1.29 is 24.2 Å². The molecule has 1 aliphatic carbocycles. The number of pyridine rings is 1. The number of hydrogen-bond donors (Lipinski definition) is 3. The number of amides is 2. The highest BCUT2D eigenvalue weighted by Gasteiger charge is 2.29. The fourth-order valence-electron chi connectivity index (χ4n) is 4.41. The summed E-state index contributed by atoms with van der Waals surface area (Å²) in [4.78, 5) is 40.3. The zero-order chi connectivity index (χ0) is 24.8. The molecule has 1 atom stereocenters. The predicted molar refractivity (Wildman–Crippen MR) is 131 cm³/mol. The predicted octanol–water partition coefficient (Wildman–Crippen LogP) is 4.82. The van der Waals surface area contributed by atoms with Gasteiger partial charge < -0.3 is 15.2 Å². The third kappa shape index (κ3) is 5.66. The maximum atomic E-state index is 12.6. The lowest BCUT2D eigenvalue weighted by atomic mass is 9.98. The molecule has 0 radical (unpaired) electrons. The van der Waals surface area contributed by atoms with Gasteiger partial charge >= 0.3 is 12.1 Å². The zero-order valence-electron chi connectivity index (χ0n) is 19.4. The van der Waals surface area contributed by atoms with E-state index in [1.165, 1.54) is 6.07 Å². The van der Waals surface area contributed by atoms with Gasteiger partial charge in [0.25, 0.3) is 5.91 Å². The first-order valence-electron chi connectivity index (χ1n) is 11.6. The van der Waals surface area contributed by atoms with Gasteiger partial charge in [0.05, 0.1) is 6.42 Å². The van der Waals surface area contributed by atoms with Gasteiger partial charge in [0.2, 0.25) is 0 Å². The molecule has 0 bridgehead atoms. The summed E-state index contributed by atoms with van der Waals surface area (Å²) < 4.78 is 5.53. The number of aliphatic carboxylic acids is 1. The number of nitrogens with zero attached hydrogens (tertiary/aromatic N) is 1. The molecule has 0 spiro atoms. The van der Waals surface area contributed by atoms with Crippen molar-refractivity contribution >= 4 is 23.8 Å². The minimum absolute atomic E-state index is 0.0667. The van der Waals surface area contributed by atoms with Crippen LogP contribution in [-0.2, 0) is 9.53 Å². The molecule has 2 aromatic carbocycles. The van der Waals surface area contributed by atoms with Crippen LogP contribution in [0.15, 0.2) is 66.7 Å². The molecule has 8 heteroatoms. The molecule has 0 unspecified atom stereocenters. The second-order valence-electron chi connectivity index (χ2n) is 8.42. The van der Waals surface area contributed by atoms with Crippen LogP contribution in [0, 0.1) is 0 Å². The average molecular weight is 474 g/mol. The molecule has 0 saturated heterocycles. The van der Waals surface area contributed by atoms with Crippen LogP contribution in [0.25, 0.3) is 11.1 Å². The van der Waals surface area contributed by atoms with Crippen LogP contribution in [0.4, 0.5) is 10.6 Å². The fraction of sp³-hybridized carbons (Fsp3) is 0.259. The highest BCUT2D eigenvalue weighted by molar-refractivity contribution is 5.93. The third-order valence-corrected chi connectivity index (χ3v) is 5.95. The largest absolute Gasteiger partial charge is 0.481 e. The number of aromatic nitrogens is 1.